The zero-order valence-electron chi connectivity index (χ0n) is 14.7. The molecule has 1 rings (SSSR count). The van der Waals surface area contributed by atoms with Crippen molar-refractivity contribution < 1.29 is 0 Å². The Morgan fingerprint density at radius 3 is 2.10 bits per heavy atom. The lowest BCUT2D eigenvalue weighted by molar-refractivity contribution is 0.0841. The highest BCUT2D eigenvalue weighted by Gasteiger charge is 2.35. The van der Waals surface area contributed by atoms with Gasteiger partial charge in [0.2, 0.25) is 0 Å². The van der Waals surface area contributed by atoms with Crippen molar-refractivity contribution in [2.24, 2.45) is 11.3 Å². The maximum absolute atomic E-state index is 3.73. The Balaban J connectivity index is 2.65. The third kappa shape index (κ3) is 6.13. The third-order valence-corrected chi connectivity index (χ3v) is 4.86. The Hall–Kier alpha value is -0.0800. The highest BCUT2D eigenvalue weighted by atomic mass is 15.1. The molecule has 0 amide bonds. The largest absolute Gasteiger partial charge is 0.314 e. The molecule has 0 unspecified atom stereocenters. The maximum atomic E-state index is 3.73. The predicted molar refractivity (Wildman–Crippen MR) is 90.2 cm³/mol. The fourth-order valence-corrected chi connectivity index (χ4v) is 3.56. The first kappa shape index (κ1) is 18.0. The molecule has 0 atom stereocenters. The van der Waals surface area contributed by atoms with E-state index in [9.17, 15) is 0 Å². The molecule has 1 saturated carbocycles. The van der Waals surface area contributed by atoms with E-state index < -0.39 is 0 Å². The van der Waals surface area contributed by atoms with Gasteiger partial charge in [-0.1, -0.05) is 47.5 Å². The molecule has 0 saturated heterocycles. The summed E-state index contributed by atoms with van der Waals surface area (Å²) in [6, 6.07) is 0.608. The van der Waals surface area contributed by atoms with Crippen LogP contribution in [0.25, 0.3) is 0 Å². The van der Waals surface area contributed by atoms with E-state index in [2.05, 4.69) is 44.8 Å². The zero-order chi connectivity index (χ0) is 15.0. The SMILES string of the molecule is CCCN(CCC)CC1(CNC(C)C)CCC(C)CC1. The molecule has 120 valence electrons. The van der Waals surface area contributed by atoms with Crippen LogP contribution in [-0.4, -0.2) is 37.1 Å². The van der Waals surface area contributed by atoms with E-state index in [0.29, 0.717) is 11.5 Å². The van der Waals surface area contributed by atoms with Gasteiger partial charge >= 0.3 is 0 Å². The van der Waals surface area contributed by atoms with E-state index in [4.69, 9.17) is 0 Å². The predicted octanol–water partition coefficient (Wildman–Crippen LogP) is 4.30. The van der Waals surface area contributed by atoms with Gasteiger partial charge in [0, 0.05) is 19.1 Å². The van der Waals surface area contributed by atoms with Crippen molar-refractivity contribution in [1.29, 1.82) is 0 Å². The van der Waals surface area contributed by atoms with Crippen molar-refractivity contribution in [3.8, 4) is 0 Å². The summed E-state index contributed by atoms with van der Waals surface area (Å²) < 4.78 is 0. The van der Waals surface area contributed by atoms with Crippen LogP contribution in [0.4, 0.5) is 0 Å². The van der Waals surface area contributed by atoms with Gasteiger partial charge < -0.3 is 10.2 Å². The van der Waals surface area contributed by atoms with Crippen molar-refractivity contribution in [2.45, 2.75) is 79.2 Å². The summed E-state index contributed by atoms with van der Waals surface area (Å²) in [5.41, 5.74) is 0.529. The molecule has 0 aliphatic heterocycles. The lowest BCUT2D eigenvalue weighted by Crippen LogP contribution is -2.47. The van der Waals surface area contributed by atoms with Gasteiger partial charge in [-0.3, -0.25) is 0 Å². The van der Waals surface area contributed by atoms with Gasteiger partial charge in [-0.05, 0) is 50.1 Å². The molecule has 0 spiro atoms. The third-order valence-electron chi connectivity index (χ3n) is 4.86. The van der Waals surface area contributed by atoms with E-state index in [0.717, 1.165) is 5.92 Å². The first-order valence-corrected chi connectivity index (χ1v) is 8.97. The van der Waals surface area contributed by atoms with Crippen LogP contribution in [0.15, 0.2) is 0 Å². The minimum Gasteiger partial charge on any atom is -0.314 e. The average molecular weight is 283 g/mol. The van der Waals surface area contributed by atoms with Crippen LogP contribution in [0.1, 0.15) is 73.1 Å². The standard InChI is InChI=1S/C18H38N2/c1-6-12-20(13-7-2)15-18(14-19-16(3)4)10-8-17(5)9-11-18/h16-17,19H,6-15H2,1-5H3. The van der Waals surface area contributed by atoms with Crippen molar-refractivity contribution in [3.05, 3.63) is 0 Å². The Bertz CT molecular complexity index is 236. The number of hydrogen-bond donors (Lipinski definition) is 1. The van der Waals surface area contributed by atoms with Gasteiger partial charge in [-0.2, -0.15) is 0 Å². The highest BCUT2D eigenvalue weighted by Crippen LogP contribution is 2.39. The summed E-state index contributed by atoms with van der Waals surface area (Å²) >= 11 is 0. The molecule has 2 nitrogen and oxygen atoms in total. The lowest BCUT2D eigenvalue weighted by Gasteiger charge is -2.43. The van der Waals surface area contributed by atoms with Gasteiger partial charge in [0.15, 0.2) is 0 Å². The Labute approximate surface area is 127 Å². The second-order valence-electron chi connectivity index (χ2n) is 7.49. The average Bonchev–Trinajstić information content (AvgIpc) is 2.40. The Morgan fingerprint density at radius 1 is 1.10 bits per heavy atom. The van der Waals surface area contributed by atoms with Crippen molar-refractivity contribution in [3.63, 3.8) is 0 Å². The molecule has 0 bridgehead atoms. The molecule has 1 fully saturated rings. The number of nitrogens with zero attached hydrogens (tertiary/aromatic N) is 1. The van der Waals surface area contributed by atoms with Gasteiger partial charge in [-0.25, -0.2) is 0 Å². The molecule has 0 heterocycles. The van der Waals surface area contributed by atoms with E-state index in [1.165, 1.54) is 64.7 Å². The molecule has 20 heavy (non-hydrogen) atoms. The van der Waals surface area contributed by atoms with Crippen LogP contribution in [0.5, 0.6) is 0 Å². The molecular weight excluding hydrogens is 244 g/mol. The summed E-state index contributed by atoms with van der Waals surface area (Å²) in [4.78, 5) is 2.72. The van der Waals surface area contributed by atoms with E-state index in [-0.39, 0.29) is 0 Å². The summed E-state index contributed by atoms with van der Waals surface area (Å²) in [5, 5.41) is 3.73. The molecule has 0 aromatic heterocycles. The smallest absolute Gasteiger partial charge is 0.00501 e. The van der Waals surface area contributed by atoms with Crippen LogP contribution in [0.2, 0.25) is 0 Å². The van der Waals surface area contributed by atoms with Gasteiger partial charge in [0.1, 0.15) is 0 Å². The summed E-state index contributed by atoms with van der Waals surface area (Å²) in [6.45, 7) is 16.6. The first-order chi connectivity index (χ1) is 9.51. The quantitative estimate of drug-likeness (QED) is 0.678. The fraction of sp³-hybridized carbons (Fsp3) is 1.00. The molecule has 0 radical (unpaired) electrons. The number of nitrogens with one attached hydrogen (secondary N) is 1. The van der Waals surface area contributed by atoms with E-state index in [1.54, 1.807) is 0 Å². The molecular formula is C18H38N2. The van der Waals surface area contributed by atoms with Gasteiger partial charge in [0.25, 0.3) is 0 Å². The van der Waals surface area contributed by atoms with Gasteiger partial charge in [-0.15, -0.1) is 0 Å². The summed E-state index contributed by atoms with van der Waals surface area (Å²) in [6.07, 6.45) is 8.24. The topological polar surface area (TPSA) is 15.3 Å². The second-order valence-corrected chi connectivity index (χ2v) is 7.49. The summed E-state index contributed by atoms with van der Waals surface area (Å²) in [5.74, 6) is 0.938. The molecule has 0 aromatic rings. The molecule has 1 aliphatic rings. The Kier molecular flexibility index (Phi) is 8.13. The van der Waals surface area contributed by atoms with Gasteiger partial charge in [0.05, 0.1) is 0 Å². The molecule has 2 heteroatoms. The zero-order valence-corrected chi connectivity index (χ0v) is 14.7. The van der Waals surface area contributed by atoms with Crippen molar-refractivity contribution >= 4 is 0 Å². The van der Waals surface area contributed by atoms with Crippen LogP contribution in [0.3, 0.4) is 0 Å². The minimum absolute atomic E-state index is 0.529. The Morgan fingerprint density at radius 2 is 1.65 bits per heavy atom. The van der Waals surface area contributed by atoms with Crippen molar-refractivity contribution in [1.82, 2.24) is 10.2 Å². The van der Waals surface area contributed by atoms with Crippen LogP contribution < -0.4 is 5.32 Å². The van der Waals surface area contributed by atoms with Crippen LogP contribution in [0, 0.1) is 11.3 Å². The highest BCUT2D eigenvalue weighted by molar-refractivity contribution is 4.89. The summed E-state index contributed by atoms with van der Waals surface area (Å²) in [7, 11) is 0. The van der Waals surface area contributed by atoms with Crippen LogP contribution in [-0.2, 0) is 0 Å². The number of rotatable bonds is 9. The lowest BCUT2D eigenvalue weighted by atomic mass is 9.70. The van der Waals surface area contributed by atoms with Crippen LogP contribution >= 0.6 is 0 Å². The minimum atomic E-state index is 0.529. The fourth-order valence-electron chi connectivity index (χ4n) is 3.56. The van der Waals surface area contributed by atoms with E-state index in [1.807, 2.05) is 0 Å². The monoisotopic (exact) mass is 282 g/mol. The van der Waals surface area contributed by atoms with E-state index >= 15 is 0 Å². The molecule has 1 N–H and O–H groups in total. The second kappa shape index (κ2) is 9.04. The first-order valence-electron chi connectivity index (χ1n) is 8.97. The van der Waals surface area contributed by atoms with Crippen molar-refractivity contribution in [2.75, 3.05) is 26.2 Å². The normalized spacial score (nSPS) is 27.4. The maximum Gasteiger partial charge on any atom is 0.00501 e. The molecule has 1 aliphatic carbocycles. The number of hydrogen-bond acceptors (Lipinski definition) is 2. The molecule has 0 aromatic carbocycles.